The molecular formula is C58H79N9O10. The van der Waals surface area contributed by atoms with Gasteiger partial charge >= 0.3 is 18.1 Å². The van der Waals surface area contributed by atoms with Gasteiger partial charge in [-0.2, -0.15) is 0 Å². The molecule has 0 aromatic heterocycles. The van der Waals surface area contributed by atoms with Gasteiger partial charge in [0.2, 0.25) is 29.5 Å². The minimum Gasteiger partial charge on any atom is -0.481 e. The van der Waals surface area contributed by atoms with Gasteiger partial charge < -0.3 is 53.6 Å². The lowest BCUT2D eigenvalue weighted by Crippen LogP contribution is -2.60. The van der Waals surface area contributed by atoms with E-state index < -0.39 is 76.6 Å². The summed E-state index contributed by atoms with van der Waals surface area (Å²) in [6, 6.07) is 14.4. The van der Waals surface area contributed by atoms with Gasteiger partial charge in [-0.3, -0.25) is 34.1 Å². The number of aryl methyl sites for hydroxylation is 2. The third kappa shape index (κ3) is 12.7. The summed E-state index contributed by atoms with van der Waals surface area (Å²) in [5.41, 5.74) is 21.8. The zero-order valence-electron chi connectivity index (χ0n) is 45.4. The van der Waals surface area contributed by atoms with Crippen LogP contribution in [0.4, 0.5) is 26.7 Å². The maximum atomic E-state index is 14.8. The van der Waals surface area contributed by atoms with Crippen LogP contribution in [-0.4, -0.2) is 77.4 Å². The highest BCUT2D eigenvalue weighted by atomic mass is 16.5. The summed E-state index contributed by atoms with van der Waals surface area (Å²) in [5, 5.41) is 25.9. The molecule has 4 aliphatic rings. The largest absolute Gasteiger partial charge is 0.481 e. The predicted octanol–water partition coefficient (Wildman–Crippen LogP) is 6.59. The number of ether oxygens (including phenoxy) is 1. The highest BCUT2D eigenvalue weighted by Crippen LogP contribution is 2.60. The highest BCUT2D eigenvalue weighted by Gasteiger charge is 2.58. The number of amides is 8. The number of fused-ring (bicyclic) bond motifs is 6. The van der Waals surface area contributed by atoms with Crippen LogP contribution < -0.4 is 49.1 Å². The minimum atomic E-state index is -1.28. The van der Waals surface area contributed by atoms with E-state index in [9.17, 15) is 43.5 Å². The van der Waals surface area contributed by atoms with Crippen LogP contribution in [0.25, 0.3) is 0 Å². The molecule has 0 radical (unpaired) electrons. The van der Waals surface area contributed by atoms with E-state index in [4.69, 9.17) is 21.9 Å². The number of nitrogens with one attached hydrogen (secondary N) is 6. The number of anilines is 3. The van der Waals surface area contributed by atoms with E-state index >= 15 is 0 Å². The van der Waals surface area contributed by atoms with Crippen molar-refractivity contribution in [1.82, 2.24) is 21.3 Å². The summed E-state index contributed by atoms with van der Waals surface area (Å²) in [6.07, 6.45) is 6.73. The smallest absolute Gasteiger partial charge is 0.408 e. The first-order valence-corrected chi connectivity index (χ1v) is 27.2. The van der Waals surface area contributed by atoms with Crippen molar-refractivity contribution in [2.75, 3.05) is 22.9 Å². The van der Waals surface area contributed by atoms with Crippen LogP contribution in [-0.2, 0) is 63.8 Å². The van der Waals surface area contributed by atoms with Crippen molar-refractivity contribution in [3.05, 3.63) is 88.5 Å². The number of urea groups is 1. The number of carbonyl (C=O) groups excluding carboxylic acids is 7. The fourth-order valence-corrected chi connectivity index (χ4v) is 13.3. The number of benzene rings is 3. The summed E-state index contributed by atoms with van der Waals surface area (Å²) < 4.78 is 5.46. The number of nitrogens with two attached hydrogens (primary N) is 3. The third-order valence-corrected chi connectivity index (χ3v) is 17.7. The lowest BCUT2D eigenvalue weighted by atomic mass is 9.49. The van der Waals surface area contributed by atoms with Gasteiger partial charge in [-0.1, -0.05) is 78.6 Å². The third-order valence-electron chi connectivity index (χ3n) is 17.7. The van der Waals surface area contributed by atoms with E-state index in [1.807, 2.05) is 32.0 Å². The Bertz CT molecular complexity index is 2750. The minimum absolute atomic E-state index is 0.0417. The van der Waals surface area contributed by atoms with Gasteiger partial charge in [-0.15, -0.1) is 0 Å². The average molecular weight is 1060 g/mol. The molecule has 2 fully saturated rings. The van der Waals surface area contributed by atoms with Crippen molar-refractivity contribution in [2.45, 2.75) is 167 Å². The van der Waals surface area contributed by atoms with E-state index in [2.05, 4.69) is 57.9 Å². The molecule has 19 heteroatoms. The first-order valence-electron chi connectivity index (χ1n) is 27.2. The second-order valence-corrected chi connectivity index (χ2v) is 23.3. The molecule has 416 valence electrons. The first-order chi connectivity index (χ1) is 36.4. The number of carboxylic acids is 1. The fourth-order valence-electron chi connectivity index (χ4n) is 13.3. The van der Waals surface area contributed by atoms with Crippen molar-refractivity contribution in [2.24, 2.45) is 40.1 Å². The molecule has 1 unspecified atom stereocenters. The SMILES string of the molecule is CC(C)C(N)C(=O)N[C@@H](CCCNC(N)=O)C(=O)Nc1ccc(COC(=O)N[C@@H](CCC(=O)O)C(=O)Nc2ccc3c(c2)[C@@]2(C)CCC[C@](C)(C(=O)NC(=O)[C@@]4(C)CCC[C@]5(C)c6cc(N)ccc6CC[C@@H]45)[C@@H]2CC3)cc1. The number of aliphatic carboxylic acids is 1. The maximum absolute atomic E-state index is 14.8. The van der Waals surface area contributed by atoms with E-state index in [-0.39, 0.29) is 61.0 Å². The predicted molar refractivity (Wildman–Crippen MR) is 292 cm³/mol. The molecule has 8 amide bonds. The number of alkyl carbamates (subject to hydrolysis) is 1. The number of carbonyl (C=O) groups is 8. The summed E-state index contributed by atoms with van der Waals surface area (Å²) in [4.78, 5) is 105. The van der Waals surface area contributed by atoms with Crippen molar-refractivity contribution in [1.29, 1.82) is 0 Å². The zero-order chi connectivity index (χ0) is 56.0. The van der Waals surface area contributed by atoms with Crippen LogP contribution in [0, 0.1) is 28.6 Å². The molecule has 3 aromatic rings. The van der Waals surface area contributed by atoms with Crippen LogP contribution in [0.3, 0.4) is 0 Å². The number of primary amides is 1. The van der Waals surface area contributed by atoms with Crippen molar-refractivity contribution >= 4 is 64.7 Å². The van der Waals surface area contributed by atoms with Crippen molar-refractivity contribution < 1.29 is 48.2 Å². The van der Waals surface area contributed by atoms with Crippen LogP contribution in [0.15, 0.2) is 60.7 Å². The lowest BCUT2D eigenvalue weighted by molar-refractivity contribution is -0.150. The number of hydrogen-bond acceptors (Lipinski definition) is 11. The van der Waals surface area contributed by atoms with Crippen molar-refractivity contribution in [3.8, 4) is 0 Å². The fraction of sp³-hybridized carbons (Fsp3) is 0.552. The second kappa shape index (κ2) is 23.7. The van der Waals surface area contributed by atoms with Gasteiger partial charge in [0.1, 0.15) is 18.7 Å². The molecule has 19 nitrogen and oxygen atoms in total. The van der Waals surface area contributed by atoms with Gasteiger partial charge in [-0.05, 0) is 163 Å². The topological polar surface area (TPSA) is 316 Å². The average Bonchev–Trinajstić information content (AvgIpc) is 3.47. The molecule has 0 heterocycles. The summed E-state index contributed by atoms with van der Waals surface area (Å²) >= 11 is 0. The number of nitrogen functional groups attached to an aromatic ring is 1. The molecule has 0 spiro atoms. The molecular weight excluding hydrogens is 983 g/mol. The molecule has 7 rings (SSSR count). The molecule has 0 aliphatic heterocycles. The van der Waals surface area contributed by atoms with Gasteiger partial charge in [0.05, 0.1) is 16.9 Å². The molecule has 0 saturated heterocycles. The maximum Gasteiger partial charge on any atom is 0.408 e. The molecule has 2 saturated carbocycles. The molecule has 3 aromatic carbocycles. The van der Waals surface area contributed by atoms with E-state index in [0.717, 1.165) is 56.1 Å². The van der Waals surface area contributed by atoms with Gasteiger partial charge in [0.25, 0.3) is 0 Å². The molecule has 77 heavy (non-hydrogen) atoms. The number of hydrogen-bond donors (Lipinski definition) is 10. The lowest BCUT2D eigenvalue weighted by Gasteiger charge is -2.56. The number of imide groups is 1. The van der Waals surface area contributed by atoms with Crippen LogP contribution in [0.1, 0.15) is 146 Å². The Balaban J connectivity index is 0.973. The quantitative estimate of drug-likeness (QED) is 0.0346. The Morgan fingerprint density at radius 3 is 1.78 bits per heavy atom. The normalized spacial score (nSPS) is 25.4. The molecule has 13 N–H and O–H groups in total. The Morgan fingerprint density at radius 1 is 0.688 bits per heavy atom. The highest BCUT2D eigenvalue weighted by molar-refractivity contribution is 6.01. The van der Waals surface area contributed by atoms with Crippen LogP contribution in [0.5, 0.6) is 0 Å². The first kappa shape index (κ1) is 57.7. The Kier molecular flexibility index (Phi) is 17.8. The summed E-state index contributed by atoms with van der Waals surface area (Å²) in [5.74, 6) is -3.52. The standard InChI is InChI=1S/C58H79N9O10/c1-33(2)47(60)50(72)65-42(10-7-29-62-53(61)75)48(70)63-38-18-11-34(12-19-38)32-77-54(76)66-43(21-24-46(68)69)49(71)64-39-20-14-36-16-23-45-56(4,41(36)31-39)26-9-28-58(45,6)52(74)67-51(73)57(5)27-8-25-55(3)40-30-37(59)17-13-35(40)15-22-44(55)57/h11-14,17-20,30-31,33,42-45,47H,7-10,15-16,21-29,32,59-60H2,1-6H3,(H,63,70)(H,64,71)(H,65,72)(H,66,76)(H,68,69)(H3,61,62,75)(H,67,73,74)/t42-,43-,44+,45+,47?,55+,56+,57-,58-/m0/s1. The van der Waals surface area contributed by atoms with Crippen LogP contribution in [0.2, 0.25) is 0 Å². The molecule has 9 atom stereocenters. The van der Waals surface area contributed by atoms with E-state index in [1.54, 1.807) is 44.2 Å². The van der Waals surface area contributed by atoms with Gasteiger partial charge in [0.15, 0.2) is 0 Å². The van der Waals surface area contributed by atoms with Crippen molar-refractivity contribution in [3.63, 3.8) is 0 Å². The zero-order valence-corrected chi connectivity index (χ0v) is 45.4. The summed E-state index contributed by atoms with van der Waals surface area (Å²) in [6.45, 7) is 12.0. The van der Waals surface area contributed by atoms with Gasteiger partial charge in [-0.25, -0.2) is 9.59 Å². The van der Waals surface area contributed by atoms with E-state index in [0.29, 0.717) is 48.3 Å². The van der Waals surface area contributed by atoms with Gasteiger partial charge in [0, 0.05) is 30.0 Å². The Labute approximate surface area is 451 Å². The second-order valence-electron chi connectivity index (χ2n) is 23.3. The Hall–Kier alpha value is -7.02. The molecule has 0 bridgehead atoms. The number of rotatable bonds is 19. The number of carboxylic acid groups (broad SMARTS) is 1. The monoisotopic (exact) mass is 1060 g/mol. The summed E-state index contributed by atoms with van der Waals surface area (Å²) in [7, 11) is 0. The molecule has 4 aliphatic carbocycles. The van der Waals surface area contributed by atoms with E-state index in [1.165, 1.54) is 11.1 Å². The Morgan fingerprint density at radius 2 is 1.22 bits per heavy atom. The van der Waals surface area contributed by atoms with Crippen LogP contribution >= 0.6 is 0 Å².